The summed E-state index contributed by atoms with van der Waals surface area (Å²) in [5, 5.41) is 25.8. The molecule has 0 aliphatic rings. The van der Waals surface area contributed by atoms with Crippen molar-refractivity contribution in [2.75, 3.05) is 19.8 Å². The molecule has 0 unspecified atom stereocenters. The van der Waals surface area contributed by atoms with E-state index in [0.29, 0.717) is 25.7 Å². The van der Waals surface area contributed by atoms with Crippen LogP contribution >= 0.6 is 0 Å². The largest absolute Gasteiger partial charge is 0.478 e. The molecule has 104 valence electrons. The number of carboxylic acids is 1. The SMILES string of the molecule is O=C(O)C=C(CCCCO)C(=O)OCCCCO. The maximum Gasteiger partial charge on any atom is 0.334 e. The van der Waals surface area contributed by atoms with Gasteiger partial charge >= 0.3 is 11.9 Å². The van der Waals surface area contributed by atoms with Gasteiger partial charge in [0, 0.05) is 24.9 Å². The van der Waals surface area contributed by atoms with Crippen LogP contribution in [-0.2, 0) is 14.3 Å². The zero-order chi connectivity index (χ0) is 13.8. The molecule has 0 aromatic carbocycles. The highest BCUT2D eigenvalue weighted by atomic mass is 16.5. The van der Waals surface area contributed by atoms with E-state index in [-0.39, 0.29) is 31.8 Å². The third kappa shape index (κ3) is 8.72. The van der Waals surface area contributed by atoms with Crippen LogP contribution in [0.25, 0.3) is 0 Å². The first-order valence-electron chi connectivity index (χ1n) is 5.94. The maximum absolute atomic E-state index is 11.6. The van der Waals surface area contributed by atoms with Crippen LogP contribution in [-0.4, -0.2) is 47.1 Å². The number of aliphatic hydroxyl groups is 2. The monoisotopic (exact) mass is 260 g/mol. The Morgan fingerprint density at radius 2 is 1.61 bits per heavy atom. The highest BCUT2D eigenvalue weighted by molar-refractivity contribution is 5.95. The molecule has 0 fully saturated rings. The lowest BCUT2D eigenvalue weighted by atomic mass is 10.1. The molecule has 0 radical (unpaired) electrons. The summed E-state index contributed by atoms with van der Waals surface area (Å²) in [6.07, 6.45) is 3.22. The van der Waals surface area contributed by atoms with Crippen LogP contribution in [0, 0.1) is 0 Å². The van der Waals surface area contributed by atoms with Crippen LogP contribution in [0.4, 0.5) is 0 Å². The Morgan fingerprint density at radius 3 is 2.17 bits per heavy atom. The first-order valence-corrected chi connectivity index (χ1v) is 5.94. The predicted molar refractivity (Wildman–Crippen MR) is 63.9 cm³/mol. The van der Waals surface area contributed by atoms with Gasteiger partial charge in [-0.15, -0.1) is 0 Å². The molecule has 0 spiro atoms. The summed E-state index contributed by atoms with van der Waals surface area (Å²) in [5.41, 5.74) is 0.0972. The van der Waals surface area contributed by atoms with Crippen LogP contribution in [0.15, 0.2) is 11.6 Å². The van der Waals surface area contributed by atoms with E-state index in [1.165, 1.54) is 0 Å². The number of hydrogen-bond acceptors (Lipinski definition) is 5. The van der Waals surface area contributed by atoms with Crippen molar-refractivity contribution in [3.63, 3.8) is 0 Å². The lowest BCUT2D eigenvalue weighted by Gasteiger charge is -2.07. The van der Waals surface area contributed by atoms with Crippen molar-refractivity contribution in [3.05, 3.63) is 11.6 Å². The van der Waals surface area contributed by atoms with Crippen molar-refractivity contribution in [2.45, 2.75) is 32.1 Å². The van der Waals surface area contributed by atoms with Crippen LogP contribution in [0.5, 0.6) is 0 Å². The number of hydrogen-bond donors (Lipinski definition) is 3. The van der Waals surface area contributed by atoms with E-state index >= 15 is 0 Å². The summed E-state index contributed by atoms with van der Waals surface area (Å²) in [6.45, 7) is 0.203. The molecule has 0 saturated carbocycles. The standard InChI is InChI=1S/C12H20O6/c13-6-2-1-5-10(9-11(15)16)12(17)18-8-4-3-7-14/h9,13-14H,1-8H2,(H,15,16). The van der Waals surface area contributed by atoms with Crippen LogP contribution in [0.1, 0.15) is 32.1 Å². The highest BCUT2D eigenvalue weighted by Gasteiger charge is 2.12. The van der Waals surface area contributed by atoms with E-state index in [0.717, 1.165) is 6.08 Å². The number of aliphatic carboxylic acids is 1. The second kappa shape index (κ2) is 10.7. The number of unbranched alkanes of at least 4 members (excludes halogenated alkanes) is 2. The highest BCUT2D eigenvalue weighted by Crippen LogP contribution is 2.10. The van der Waals surface area contributed by atoms with E-state index in [2.05, 4.69) is 0 Å². The number of rotatable bonds is 10. The summed E-state index contributed by atoms with van der Waals surface area (Å²) >= 11 is 0. The molecule has 0 rings (SSSR count). The topological polar surface area (TPSA) is 104 Å². The molecule has 3 N–H and O–H groups in total. The third-order valence-corrected chi connectivity index (χ3v) is 2.20. The zero-order valence-electron chi connectivity index (χ0n) is 10.3. The van der Waals surface area contributed by atoms with Gasteiger partial charge in [-0.1, -0.05) is 0 Å². The Hall–Kier alpha value is -1.40. The number of esters is 1. The molecular weight excluding hydrogens is 240 g/mol. The van der Waals surface area contributed by atoms with Gasteiger partial charge in [-0.3, -0.25) is 0 Å². The summed E-state index contributed by atoms with van der Waals surface area (Å²) in [7, 11) is 0. The van der Waals surface area contributed by atoms with Crippen molar-refractivity contribution in [3.8, 4) is 0 Å². The van der Waals surface area contributed by atoms with Crippen LogP contribution in [0.2, 0.25) is 0 Å². The fraction of sp³-hybridized carbons (Fsp3) is 0.667. The Kier molecular flexibility index (Phi) is 9.90. The fourth-order valence-corrected chi connectivity index (χ4v) is 1.28. The Balaban J connectivity index is 4.19. The first kappa shape index (κ1) is 16.6. The summed E-state index contributed by atoms with van der Waals surface area (Å²) in [4.78, 5) is 22.1. The molecule has 0 saturated heterocycles. The number of carbonyl (C=O) groups is 2. The van der Waals surface area contributed by atoms with Gasteiger partial charge in [-0.25, -0.2) is 9.59 Å². The molecule has 0 aliphatic carbocycles. The quantitative estimate of drug-likeness (QED) is 0.300. The first-order chi connectivity index (χ1) is 8.61. The molecule has 0 aliphatic heterocycles. The van der Waals surface area contributed by atoms with Crippen molar-refractivity contribution < 1.29 is 29.6 Å². The predicted octanol–water partition coefficient (Wildman–Crippen LogP) is 0.476. The van der Waals surface area contributed by atoms with Crippen LogP contribution in [0.3, 0.4) is 0 Å². The average Bonchev–Trinajstić information content (AvgIpc) is 2.33. The molecule has 0 aromatic heterocycles. The number of carboxylic acid groups (broad SMARTS) is 1. The van der Waals surface area contributed by atoms with Gasteiger partial charge in [0.15, 0.2) is 0 Å². The Morgan fingerprint density at radius 1 is 1.00 bits per heavy atom. The zero-order valence-corrected chi connectivity index (χ0v) is 10.3. The molecule has 0 aromatic rings. The van der Waals surface area contributed by atoms with Crippen molar-refractivity contribution in [1.29, 1.82) is 0 Å². The van der Waals surface area contributed by atoms with E-state index in [1.807, 2.05) is 0 Å². The number of ether oxygens (including phenoxy) is 1. The van der Waals surface area contributed by atoms with Gasteiger partial charge < -0.3 is 20.1 Å². The number of carbonyl (C=O) groups excluding carboxylic acids is 1. The lowest BCUT2D eigenvalue weighted by molar-refractivity contribution is -0.140. The molecule has 0 atom stereocenters. The van der Waals surface area contributed by atoms with Crippen molar-refractivity contribution in [1.82, 2.24) is 0 Å². The van der Waals surface area contributed by atoms with E-state index in [4.69, 9.17) is 20.1 Å². The van der Waals surface area contributed by atoms with E-state index in [9.17, 15) is 9.59 Å². The van der Waals surface area contributed by atoms with Gasteiger partial charge in [-0.05, 0) is 32.1 Å². The Labute approximate surface area is 106 Å². The maximum atomic E-state index is 11.6. The van der Waals surface area contributed by atoms with Crippen molar-refractivity contribution >= 4 is 11.9 Å². The normalized spacial score (nSPS) is 11.3. The molecule has 6 heteroatoms. The average molecular weight is 260 g/mol. The Bertz CT molecular complexity index is 284. The number of aliphatic hydroxyl groups excluding tert-OH is 2. The lowest BCUT2D eigenvalue weighted by Crippen LogP contribution is -2.11. The molecular formula is C12H20O6. The summed E-state index contributed by atoms with van der Waals surface area (Å²) < 4.78 is 4.89. The van der Waals surface area contributed by atoms with Gasteiger partial charge in [0.05, 0.1) is 6.61 Å². The minimum atomic E-state index is -1.19. The fourth-order valence-electron chi connectivity index (χ4n) is 1.28. The second-order valence-corrected chi connectivity index (χ2v) is 3.76. The van der Waals surface area contributed by atoms with Gasteiger partial charge in [0.25, 0.3) is 0 Å². The van der Waals surface area contributed by atoms with Gasteiger partial charge in [-0.2, -0.15) is 0 Å². The van der Waals surface area contributed by atoms with Crippen LogP contribution < -0.4 is 0 Å². The molecule has 6 nitrogen and oxygen atoms in total. The van der Waals surface area contributed by atoms with Crippen molar-refractivity contribution in [2.24, 2.45) is 0 Å². The van der Waals surface area contributed by atoms with Gasteiger partial charge in [0.2, 0.25) is 0 Å². The molecule has 0 heterocycles. The van der Waals surface area contributed by atoms with E-state index in [1.54, 1.807) is 0 Å². The smallest absolute Gasteiger partial charge is 0.334 e. The van der Waals surface area contributed by atoms with E-state index < -0.39 is 11.9 Å². The molecule has 0 bridgehead atoms. The minimum Gasteiger partial charge on any atom is -0.478 e. The van der Waals surface area contributed by atoms with Gasteiger partial charge in [0.1, 0.15) is 0 Å². The third-order valence-electron chi connectivity index (χ3n) is 2.20. The second-order valence-electron chi connectivity index (χ2n) is 3.76. The molecule has 0 amide bonds. The summed E-state index contributed by atoms with van der Waals surface area (Å²) in [5.74, 6) is -1.84. The molecule has 18 heavy (non-hydrogen) atoms. The minimum absolute atomic E-state index is 0.00585. The summed E-state index contributed by atoms with van der Waals surface area (Å²) in [6, 6.07) is 0.